The summed E-state index contributed by atoms with van der Waals surface area (Å²) in [5.41, 5.74) is 3.28. The summed E-state index contributed by atoms with van der Waals surface area (Å²) < 4.78 is 16.1. The Labute approximate surface area is 295 Å². The van der Waals surface area contributed by atoms with Crippen molar-refractivity contribution in [1.82, 2.24) is 21.3 Å². The number of amides is 3. The number of unbranched alkanes of at least 4 members (excludes halogenated alkanes) is 1. The van der Waals surface area contributed by atoms with Crippen molar-refractivity contribution in [2.24, 2.45) is 11.8 Å². The van der Waals surface area contributed by atoms with Gasteiger partial charge in [0.25, 0.3) is 0 Å². The van der Waals surface area contributed by atoms with Crippen LogP contribution in [0.2, 0.25) is 0 Å². The first kappa shape index (κ1) is 35.7. The molecule has 2 aromatic rings. The van der Waals surface area contributed by atoms with Gasteiger partial charge in [-0.15, -0.1) is 0 Å². The summed E-state index contributed by atoms with van der Waals surface area (Å²) in [5, 5.41) is 12.6. The van der Waals surface area contributed by atoms with Crippen LogP contribution in [0.4, 0.5) is 9.59 Å². The summed E-state index contributed by atoms with van der Waals surface area (Å²) in [5.74, 6) is 0.277. The Morgan fingerprint density at radius 1 is 0.860 bits per heavy atom. The maximum absolute atomic E-state index is 14.1. The van der Waals surface area contributed by atoms with E-state index < -0.39 is 29.4 Å². The van der Waals surface area contributed by atoms with Crippen LogP contribution >= 0.6 is 0 Å². The van der Waals surface area contributed by atoms with Gasteiger partial charge >= 0.3 is 18.2 Å². The zero-order chi connectivity index (χ0) is 35.5. The van der Waals surface area contributed by atoms with Crippen molar-refractivity contribution in [3.63, 3.8) is 0 Å². The number of methoxy groups -OCH3 is 1. The molecule has 0 radical (unpaired) electrons. The topological polar surface area (TPSA) is 144 Å². The SMILES string of the molecule is COC(=O)CNC12C[C@H]3C[C@@H](C1)CC(NC(=O)[C@H](CCCCNC(=O)OC(C)(C)C)NC(=O)OCC1c4ccccc4-c4ccccc41)(C3)C2. The van der Waals surface area contributed by atoms with Crippen molar-refractivity contribution in [3.8, 4) is 11.1 Å². The van der Waals surface area contributed by atoms with Crippen LogP contribution in [0, 0.1) is 11.8 Å². The molecule has 4 bridgehead atoms. The molecule has 4 N–H and O–H groups in total. The predicted molar refractivity (Wildman–Crippen MR) is 188 cm³/mol. The van der Waals surface area contributed by atoms with Crippen molar-refractivity contribution in [3.05, 3.63) is 59.7 Å². The van der Waals surface area contributed by atoms with Gasteiger partial charge in [0.15, 0.2) is 0 Å². The lowest BCUT2D eigenvalue weighted by molar-refractivity contribution is -0.142. The molecular weight excluding hydrogens is 636 g/mol. The molecule has 0 aromatic heterocycles. The van der Waals surface area contributed by atoms with Crippen LogP contribution in [0.1, 0.15) is 95.6 Å². The van der Waals surface area contributed by atoms with Gasteiger partial charge in [-0.25, -0.2) is 9.59 Å². The monoisotopic (exact) mass is 688 g/mol. The van der Waals surface area contributed by atoms with Crippen molar-refractivity contribution < 1.29 is 33.4 Å². The molecule has 11 heteroatoms. The number of carbonyl (C=O) groups excluding carboxylic acids is 4. The normalized spacial score (nSPS) is 25.2. The highest BCUT2D eigenvalue weighted by molar-refractivity contribution is 5.86. The maximum Gasteiger partial charge on any atom is 0.407 e. The summed E-state index contributed by atoms with van der Waals surface area (Å²) in [4.78, 5) is 51.7. The van der Waals surface area contributed by atoms with Gasteiger partial charge < -0.3 is 35.5 Å². The van der Waals surface area contributed by atoms with E-state index in [0.717, 1.165) is 60.8 Å². The van der Waals surface area contributed by atoms with Crippen LogP contribution in [-0.4, -0.2) is 73.6 Å². The van der Waals surface area contributed by atoms with Gasteiger partial charge in [0, 0.05) is 23.5 Å². The zero-order valence-electron chi connectivity index (χ0n) is 29.8. The number of hydrogen-bond donors (Lipinski definition) is 4. The summed E-state index contributed by atoms with van der Waals surface area (Å²) in [7, 11) is 1.39. The minimum atomic E-state index is -0.820. The fourth-order valence-corrected chi connectivity index (χ4v) is 9.33. The van der Waals surface area contributed by atoms with E-state index in [-0.39, 0.29) is 36.5 Å². The molecule has 4 saturated carbocycles. The predicted octanol–water partition coefficient (Wildman–Crippen LogP) is 5.56. The first-order valence-electron chi connectivity index (χ1n) is 18.1. The number of alkyl carbamates (subject to hydrolysis) is 2. The highest BCUT2D eigenvalue weighted by Gasteiger charge is 2.58. The second kappa shape index (κ2) is 14.6. The highest BCUT2D eigenvalue weighted by Crippen LogP contribution is 2.57. The number of hydrogen-bond acceptors (Lipinski definition) is 8. The molecule has 5 aliphatic rings. The van der Waals surface area contributed by atoms with E-state index in [9.17, 15) is 19.2 Å². The third-order valence-electron chi connectivity index (χ3n) is 10.8. The van der Waals surface area contributed by atoms with E-state index >= 15 is 0 Å². The summed E-state index contributed by atoms with van der Waals surface area (Å²) >= 11 is 0. The minimum Gasteiger partial charge on any atom is -0.468 e. The quantitative estimate of drug-likeness (QED) is 0.122. The summed E-state index contributed by atoms with van der Waals surface area (Å²) in [6.07, 6.45) is 6.02. The Morgan fingerprint density at radius 2 is 1.48 bits per heavy atom. The van der Waals surface area contributed by atoms with Gasteiger partial charge in [-0.2, -0.15) is 0 Å². The second-order valence-corrected chi connectivity index (χ2v) is 15.9. The molecule has 0 aliphatic heterocycles. The van der Waals surface area contributed by atoms with E-state index in [1.165, 1.54) is 7.11 Å². The van der Waals surface area contributed by atoms with Gasteiger partial charge in [-0.1, -0.05) is 48.5 Å². The van der Waals surface area contributed by atoms with E-state index in [1.54, 1.807) is 0 Å². The van der Waals surface area contributed by atoms with Crippen LogP contribution in [0.3, 0.4) is 0 Å². The molecule has 0 saturated heterocycles. The van der Waals surface area contributed by atoms with E-state index in [1.807, 2.05) is 45.0 Å². The largest absolute Gasteiger partial charge is 0.468 e. The number of rotatable bonds is 13. The molecule has 4 fully saturated rings. The average molecular weight is 689 g/mol. The van der Waals surface area contributed by atoms with Crippen molar-refractivity contribution in [1.29, 1.82) is 0 Å². The van der Waals surface area contributed by atoms with Crippen molar-refractivity contribution >= 4 is 24.1 Å². The van der Waals surface area contributed by atoms with Gasteiger partial charge in [-0.3, -0.25) is 9.59 Å². The molecule has 3 amide bonds. The van der Waals surface area contributed by atoms with Crippen molar-refractivity contribution in [2.75, 3.05) is 26.8 Å². The van der Waals surface area contributed by atoms with Crippen molar-refractivity contribution in [2.45, 2.75) is 107 Å². The van der Waals surface area contributed by atoms with Gasteiger partial charge in [-0.05, 0) is 113 Å². The molecule has 2 aromatic carbocycles. The minimum absolute atomic E-state index is 0.0972. The van der Waals surface area contributed by atoms with Gasteiger partial charge in [0.2, 0.25) is 5.91 Å². The van der Waals surface area contributed by atoms with E-state index in [4.69, 9.17) is 14.2 Å². The Morgan fingerprint density at radius 3 is 2.10 bits per heavy atom. The smallest absolute Gasteiger partial charge is 0.407 e. The molecule has 5 atom stereocenters. The Bertz CT molecular complexity index is 1530. The number of fused-ring (bicyclic) bond motifs is 3. The fraction of sp³-hybridized carbons (Fsp3) is 0.590. The van der Waals surface area contributed by atoms with Crippen LogP contribution < -0.4 is 21.3 Å². The number of esters is 1. The highest BCUT2D eigenvalue weighted by atomic mass is 16.6. The standard InChI is InChI=1S/C39H52N4O7/c1-37(2,3)50-35(46)40-16-10-9-15-32(42-36(47)49-23-31-29-13-7-5-11-27(29)28-12-6-8-14-30(28)31)34(45)43-39-20-25-17-26(21-39)19-38(18-25,24-39)41-22-33(44)48-4/h5-8,11-14,25-26,31-32,41H,9-10,15-24H2,1-4H3,(H,40,46)(H,42,47)(H,43,45)/t25-,26+,32-,38?,39?/m0/s1. The maximum atomic E-state index is 14.1. The Kier molecular flexibility index (Phi) is 10.4. The number of carbonyl (C=O) groups is 4. The molecule has 11 nitrogen and oxygen atoms in total. The summed E-state index contributed by atoms with van der Waals surface area (Å²) in [6, 6.07) is 15.5. The lowest BCUT2D eigenvalue weighted by atomic mass is 9.50. The molecule has 0 spiro atoms. The van der Waals surface area contributed by atoms with E-state index in [0.29, 0.717) is 37.6 Å². The number of nitrogens with one attached hydrogen (secondary N) is 4. The Balaban J connectivity index is 1.11. The average Bonchev–Trinajstić information content (AvgIpc) is 3.37. The molecular formula is C39H52N4O7. The van der Waals surface area contributed by atoms with E-state index in [2.05, 4.69) is 45.5 Å². The van der Waals surface area contributed by atoms with Gasteiger partial charge in [0.1, 0.15) is 18.2 Å². The third kappa shape index (κ3) is 8.25. The van der Waals surface area contributed by atoms with Crippen LogP contribution in [0.25, 0.3) is 11.1 Å². The second-order valence-electron chi connectivity index (χ2n) is 15.9. The lowest BCUT2D eigenvalue weighted by Gasteiger charge is -2.62. The van der Waals surface area contributed by atoms with Crippen LogP contribution in [0.5, 0.6) is 0 Å². The molecule has 5 aliphatic carbocycles. The number of ether oxygens (including phenoxy) is 3. The molecule has 7 rings (SSSR count). The summed E-state index contributed by atoms with van der Waals surface area (Å²) in [6.45, 7) is 6.11. The lowest BCUT2D eigenvalue weighted by Crippen LogP contribution is -2.70. The van der Waals surface area contributed by atoms with Crippen LogP contribution in [-0.2, 0) is 23.8 Å². The third-order valence-corrected chi connectivity index (χ3v) is 10.8. The number of benzene rings is 2. The molecule has 0 heterocycles. The molecule has 50 heavy (non-hydrogen) atoms. The fourth-order valence-electron chi connectivity index (χ4n) is 9.33. The van der Waals surface area contributed by atoms with Crippen LogP contribution in [0.15, 0.2) is 48.5 Å². The first-order valence-corrected chi connectivity index (χ1v) is 18.1. The first-order chi connectivity index (χ1) is 23.9. The molecule has 2 unspecified atom stereocenters. The Hall–Kier alpha value is -4.12. The zero-order valence-corrected chi connectivity index (χ0v) is 29.8. The van der Waals surface area contributed by atoms with Gasteiger partial charge in [0.05, 0.1) is 13.7 Å². The molecule has 270 valence electrons.